The number of rotatable bonds is 4. The summed E-state index contributed by atoms with van der Waals surface area (Å²) >= 11 is 4.72. The van der Waals surface area contributed by atoms with Crippen LogP contribution in [0.2, 0.25) is 0 Å². The quantitative estimate of drug-likeness (QED) is 0.677. The second kappa shape index (κ2) is 4.51. The van der Waals surface area contributed by atoms with Gasteiger partial charge in [0.05, 0.1) is 0 Å². The molecule has 0 unspecified atom stereocenters. The van der Waals surface area contributed by atoms with Crippen LogP contribution in [0.3, 0.4) is 0 Å². The molecule has 0 atom stereocenters. The Bertz CT molecular complexity index is 147. The van der Waals surface area contributed by atoms with Crippen LogP contribution in [0.15, 0.2) is 0 Å². The fourth-order valence-corrected chi connectivity index (χ4v) is 3.37. The third kappa shape index (κ3) is 6.88. The highest BCUT2D eigenvalue weighted by Gasteiger charge is 2.16. The largest absolute Gasteiger partial charge is 0.250 e. The van der Waals surface area contributed by atoms with Crippen LogP contribution in [0, 0.1) is 0 Å². The van der Waals surface area contributed by atoms with E-state index in [1.165, 1.54) is 0 Å². The minimum absolute atomic E-state index is 0.0945. The molecule has 5 heteroatoms. The first-order valence-electron chi connectivity index (χ1n) is 3.69. The van der Waals surface area contributed by atoms with Crippen LogP contribution in [-0.2, 0) is 11.8 Å². The van der Waals surface area contributed by atoms with Crippen molar-refractivity contribution < 1.29 is 4.20 Å². The average Bonchev–Trinajstić information content (AvgIpc) is 1.53. The van der Waals surface area contributed by atoms with E-state index in [0.717, 1.165) is 0 Å². The topological polar surface area (TPSA) is 24.1 Å². The molecule has 68 valence electrons. The summed E-state index contributed by atoms with van der Waals surface area (Å²) < 4.78 is 13.3. The van der Waals surface area contributed by atoms with Crippen molar-refractivity contribution in [2.75, 3.05) is 0 Å². The van der Waals surface area contributed by atoms with Gasteiger partial charge in [0.2, 0.25) is 6.65 Å². The van der Waals surface area contributed by atoms with Crippen molar-refractivity contribution in [1.82, 2.24) is 10.2 Å². The Kier molecular flexibility index (Phi) is 4.71. The van der Waals surface area contributed by atoms with Crippen molar-refractivity contribution in [2.45, 2.75) is 39.8 Å². The van der Waals surface area contributed by atoms with Gasteiger partial charge in [-0.05, 0) is 39.5 Å². The van der Waals surface area contributed by atoms with Crippen molar-refractivity contribution in [3.05, 3.63) is 0 Å². The lowest BCUT2D eigenvalue weighted by Crippen LogP contribution is -2.28. The first kappa shape index (κ1) is 11.5. The second-order valence-corrected chi connectivity index (χ2v) is 6.19. The molecule has 2 N–H and O–H groups in total. The molecule has 0 aliphatic carbocycles. The SMILES string of the molecule is CC(C)NP(F)(=S)NC(C)C. The summed E-state index contributed by atoms with van der Waals surface area (Å²) in [5, 5.41) is 5.40. The Morgan fingerprint density at radius 1 is 1.09 bits per heavy atom. The van der Waals surface area contributed by atoms with E-state index in [9.17, 15) is 4.20 Å². The third-order valence-corrected chi connectivity index (χ3v) is 3.18. The second-order valence-electron chi connectivity index (χ2n) is 3.10. The zero-order valence-electron chi connectivity index (χ0n) is 7.39. The Labute approximate surface area is 73.2 Å². The van der Waals surface area contributed by atoms with Gasteiger partial charge >= 0.3 is 0 Å². The average molecular weight is 198 g/mol. The molecule has 0 spiro atoms. The first-order valence-corrected chi connectivity index (χ1v) is 6.38. The van der Waals surface area contributed by atoms with Gasteiger partial charge in [0, 0.05) is 12.1 Å². The molecule has 0 amide bonds. The van der Waals surface area contributed by atoms with Crippen molar-refractivity contribution >= 4 is 18.5 Å². The van der Waals surface area contributed by atoms with E-state index < -0.39 is 6.65 Å². The van der Waals surface area contributed by atoms with E-state index in [2.05, 4.69) is 10.2 Å². The minimum atomic E-state index is -2.97. The van der Waals surface area contributed by atoms with Gasteiger partial charge in [-0.1, -0.05) is 0 Å². The molecule has 0 bridgehead atoms. The molecule has 0 aliphatic rings. The molecule has 0 aromatic carbocycles. The lowest BCUT2D eigenvalue weighted by atomic mass is 10.4. The minimum Gasteiger partial charge on any atom is -0.250 e. The van der Waals surface area contributed by atoms with Crippen LogP contribution in [0.25, 0.3) is 0 Å². The van der Waals surface area contributed by atoms with E-state index in [1.807, 2.05) is 27.7 Å². The summed E-state index contributed by atoms with van der Waals surface area (Å²) in [5.74, 6) is 0. The van der Waals surface area contributed by atoms with Gasteiger partial charge in [-0.25, -0.2) is 10.2 Å². The van der Waals surface area contributed by atoms with Gasteiger partial charge in [-0.2, -0.15) is 4.20 Å². The van der Waals surface area contributed by atoms with Gasteiger partial charge in [-0.3, -0.25) is 0 Å². The van der Waals surface area contributed by atoms with Gasteiger partial charge in [-0.15, -0.1) is 0 Å². The highest BCUT2D eigenvalue weighted by molar-refractivity contribution is 8.10. The maximum absolute atomic E-state index is 13.3. The smallest absolute Gasteiger partial charge is 0.241 e. The summed E-state index contributed by atoms with van der Waals surface area (Å²) in [6, 6.07) is 0.189. The van der Waals surface area contributed by atoms with Gasteiger partial charge < -0.3 is 0 Å². The summed E-state index contributed by atoms with van der Waals surface area (Å²) in [4.78, 5) is 0. The molecule has 0 aliphatic heterocycles. The summed E-state index contributed by atoms with van der Waals surface area (Å²) in [7, 11) is 0. The van der Waals surface area contributed by atoms with Crippen molar-refractivity contribution in [1.29, 1.82) is 0 Å². The van der Waals surface area contributed by atoms with Crippen LogP contribution in [0.4, 0.5) is 4.20 Å². The maximum atomic E-state index is 13.3. The number of hydrogen-bond donors (Lipinski definition) is 2. The summed E-state index contributed by atoms with van der Waals surface area (Å²) in [6.45, 7) is 4.54. The molecule has 0 saturated heterocycles. The number of hydrogen-bond acceptors (Lipinski definition) is 1. The molecule has 0 aromatic rings. The van der Waals surface area contributed by atoms with E-state index in [0.29, 0.717) is 0 Å². The Morgan fingerprint density at radius 2 is 1.36 bits per heavy atom. The van der Waals surface area contributed by atoms with Crippen molar-refractivity contribution in [3.8, 4) is 0 Å². The Morgan fingerprint density at radius 3 is 1.55 bits per heavy atom. The fraction of sp³-hybridized carbons (Fsp3) is 1.00. The Hall–Kier alpha value is 0.500. The molecular weight excluding hydrogens is 182 g/mol. The van der Waals surface area contributed by atoms with E-state index in [-0.39, 0.29) is 12.1 Å². The predicted octanol–water partition coefficient (Wildman–Crippen LogP) is 2.18. The van der Waals surface area contributed by atoms with E-state index >= 15 is 0 Å². The lowest BCUT2D eigenvalue weighted by Gasteiger charge is -2.20. The maximum Gasteiger partial charge on any atom is 0.241 e. The van der Waals surface area contributed by atoms with Crippen LogP contribution in [0.1, 0.15) is 27.7 Å². The van der Waals surface area contributed by atoms with E-state index in [4.69, 9.17) is 11.8 Å². The number of nitrogens with one attached hydrogen (secondary N) is 2. The predicted molar refractivity (Wildman–Crippen MR) is 51.9 cm³/mol. The highest BCUT2D eigenvalue weighted by atomic mass is 32.5. The molecule has 2 nitrogen and oxygen atoms in total. The molecule has 0 saturated carbocycles. The lowest BCUT2D eigenvalue weighted by molar-refractivity contribution is 0.660. The molecule has 0 rings (SSSR count). The highest BCUT2D eigenvalue weighted by Crippen LogP contribution is 2.38. The standard InChI is InChI=1S/C6H16FN2PS/c1-5(2)8-10(7,11)9-6(3)4/h5-6H,1-4H3,(H2,8,9,11). The van der Waals surface area contributed by atoms with Gasteiger partial charge in [0.15, 0.2) is 0 Å². The zero-order chi connectivity index (χ0) is 9.07. The normalized spacial score (nSPS) is 13.0. The van der Waals surface area contributed by atoms with Crippen molar-refractivity contribution in [3.63, 3.8) is 0 Å². The molecule has 11 heavy (non-hydrogen) atoms. The number of halogens is 1. The van der Waals surface area contributed by atoms with Crippen LogP contribution in [-0.4, -0.2) is 12.1 Å². The molecule has 0 aromatic heterocycles. The summed E-state index contributed by atoms with van der Waals surface area (Å²) in [5.41, 5.74) is 0. The molecule has 0 radical (unpaired) electrons. The zero-order valence-corrected chi connectivity index (χ0v) is 9.10. The Balaban J connectivity index is 3.91. The van der Waals surface area contributed by atoms with Gasteiger partial charge in [0.25, 0.3) is 0 Å². The molecule has 0 heterocycles. The van der Waals surface area contributed by atoms with Crippen LogP contribution in [0.5, 0.6) is 0 Å². The molecule has 0 fully saturated rings. The first-order chi connectivity index (χ1) is 4.83. The summed E-state index contributed by atoms with van der Waals surface area (Å²) in [6.07, 6.45) is 0. The molecular formula is C6H16FN2PS. The van der Waals surface area contributed by atoms with Crippen LogP contribution >= 0.6 is 6.65 Å². The fourth-order valence-electron chi connectivity index (χ4n) is 0.701. The van der Waals surface area contributed by atoms with E-state index in [1.54, 1.807) is 0 Å². The monoisotopic (exact) mass is 198 g/mol. The third-order valence-electron chi connectivity index (χ3n) is 0.848. The van der Waals surface area contributed by atoms with Gasteiger partial charge in [0.1, 0.15) is 0 Å². The van der Waals surface area contributed by atoms with Crippen molar-refractivity contribution in [2.24, 2.45) is 0 Å². The van der Waals surface area contributed by atoms with Crippen LogP contribution < -0.4 is 10.2 Å².